The van der Waals surface area contributed by atoms with Crippen molar-refractivity contribution in [3.8, 4) is 0 Å². The Bertz CT molecular complexity index is 496. The molecule has 1 aromatic rings. The number of aliphatic hydroxyl groups excluding tert-OH is 1. The second-order valence-corrected chi connectivity index (χ2v) is 5.71. The van der Waals surface area contributed by atoms with Crippen LogP contribution in [0.5, 0.6) is 0 Å². The summed E-state index contributed by atoms with van der Waals surface area (Å²) in [4.78, 5) is 18.6. The number of hydrogen-bond donors (Lipinski definition) is 2. The molecular formula is C15H22ClN3O2. The number of nitrogens with zero attached hydrogens (tertiary/aromatic N) is 2. The zero-order valence-electron chi connectivity index (χ0n) is 12.3. The van der Waals surface area contributed by atoms with Crippen LogP contribution in [0, 0.1) is 0 Å². The monoisotopic (exact) mass is 311 g/mol. The summed E-state index contributed by atoms with van der Waals surface area (Å²) in [5.41, 5.74) is 0.522. The highest BCUT2D eigenvalue weighted by molar-refractivity contribution is 6.29. The van der Waals surface area contributed by atoms with Gasteiger partial charge in [-0.3, -0.25) is 4.79 Å². The molecule has 0 aromatic carbocycles. The van der Waals surface area contributed by atoms with Crippen molar-refractivity contribution in [1.29, 1.82) is 0 Å². The van der Waals surface area contributed by atoms with Crippen molar-refractivity contribution < 1.29 is 9.90 Å². The SMILES string of the molecule is CCCNc1cc(C(=O)N2CCCCC2CO)cc(Cl)n1. The molecule has 0 bridgehead atoms. The van der Waals surface area contributed by atoms with Gasteiger partial charge in [-0.25, -0.2) is 4.98 Å². The zero-order valence-corrected chi connectivity index (χ0v) is 13.1. The quantitative estimate of drug-likeness (QED) is 0.820. The number of amides is 1. The predicted molar refractivity (Wildman–Crippen MR) is 83.8 cm³/mol. The molecule has 1 unspecified atom stereocenters. The number of aliphatic hydroxyl groups is 1. The van der Waals surface area contributed by atoms with E-state index in [4.69, 9.17) is 11.6 Å². The number of hydrogen-bond acceptors (Lipinski definition) is 4. The summed E-state index contributed by atoms with van der Waals surface area (Å²) in [6.07, 6.45) is 3.84. The number of pyridine rings is 1. The van der Waals surface area contributed by atoms with E-state index in [2.05, 4.69) is 17.2 Å². The standard InChI is InChI=1S/C15H22ClN3O2/c1-2-6-17-14-9-11(8-13(16)18-14)15(21)19-7-4-3-5-12(19)10-20/h8-9,12,20H,2-7,10H2,1H3,(H,17,18). The lowest BCUT2D eigenvalue weighted by molar-refractivity contribution is 0.0503. The number of piperidine rings is 1. The Balaban J connectivity index is 2.19. The van der Waals surface area contributed by atoms with Crippen LogP contribution in [-0.4, -0.2) is 46.6 Å². The second kappa shape index (κ2) is 7.61. The van der Waals surface area contributed by atoms with Crippen LogP contribution in [0.15, 0.2) is 12.1 Å². The third kappa shape index (κ3) is 4.08. The van der Waals surface area contributed by atoms with Crippen molar-refractivity contribution in [3.63, 3.8) is 0 Å². The smallest absolute Gasteiger partial charge is 0.254 e. The Morgan fingerprint density at radius 1 is 1.52 bits per heavy atom. The average Bonchev–Trinajstić information content (AvgIpc) is 2.51. The molecule has 1 atom stereocenters. The molecule has 21 heavy (non-hydrogen) atoms. The molecule has 2 N–H and O–H groups in total. The number of carbonyl (C=O) groups excluding carboxylic acids is 1. The van der Waals surface area contributed by atoms with Crippen molar-refractivity contribution in [3.05, 3.63) is 22.8 Å². The largest absolute Gasteiger partial charge is 0.394 e. The Labute approximate surface area is 130 Å². The highest BCUT2D eigenvalue weighted by atomic mass is 35.5. The van der Waals surface area contributed by atoms with Crippen LogP contribution in [0.4, 0.5) is 5.82 Å². The molecule has 1 aliphatic heterocycles. The summed E-state index contributed by atoms with van der Waals surface area (Å²) in [5.74, 6) is 0.530. The maximum Gasteiger partial charge on any atom is 0.254 e. The Hall–Kier alpha value is -1.33. The van der Waals surface area contributed by atoms with Crippen LogP contribution >= 0.6 is 11.6 Å². The van der Waals surface area contributed by atoms with Gasteiger partial charge in [0.05, 0.1) is 12.6 Å². The van der Waals surface area contributed by atoms with Gasteiger partial charge in [0.15, 0.2) is 0 Å². The van der Waals surface area contributed by atoms with Gasteiger partial charge < -0.3 is 15.3 Å². The van der Waals surface area contributed by atoms with Gasteiger partial charge in [-0.2, -0.15) is 0 Å². The molecule has 1 amide bonds. The van der Waals surface area contributed by atoms with Gasteiger partial charge in [0.1, 0.15) is 11.0 Å². The summed E-state index contributed by atoms with van der Waals surface area (Å²) in [6, 6.07) is 3.22. The van der Waals surface area contributed by atoms with E-state index in [1.165, 1.54) is 0 Å². The first-order chi connectivity index (χ1) is 10.2. The average molecular weight is 312 g/mol. The first-order valence-electron chi connectivity index (χ1n) is 7.49. The minimum absolute atomic E-state index is 0.00545. The van der Waals surface area contributed by atoms with Gasteiger partial charge >= 0.3 is 0 Å². The number of likely N-dealkylation sites (tertiary alicyclic amines) is 1. The normalized spacial score (nSPS) is 18.6. The van der Waals surface area contributed by atoms with Gasteiger partial charge in [0, 0.05) is 18.7 Å². The van der Waals surface area contributed by atoms with Crippen molar-refractivity contribution in [2.45, 2.75) is 38.6 Å². The molecule has 0 radical (unpaired) electrons. The number of carbonyl (C=O) groups is 1. The fraction of sp³-hybridized carbons (Fsp3) is 0.600. The number of nitrogens with one attached hydrogen (secondary N) is 1. The maximum atomic E-state index is 12.6. The van der Waals surface area contributed by atoms with Crippen LogP contribution in [-0.2, 0) is 0 Å². The molecule has 1 aliphatic rings. The van der Waals surface area contributed by atoms with Crippen molar-refractivity contribution in [2.24, 2.45) is 0 Å². The van der Waals surface area contributed by atoms with Gasteiger partial charge in [-0.1, -0.05) is 18.5 Å². The van der Waals surface area contributed by atoms with Crippen LogP contribution in [0.25, 0.3) is 0 Å². The van der Waals surface area contributed by atoms with E-state index >= 15 is 0 Å². The lowest BCUT2D eigenvalue weighted by atomic mass is 10.0. The van der Waals surface area contributed by atoms with E-state index < -0.39 is 0 Å². The van der Waals surface area contributed by atoms with Crippen molar-refractivity contribution >= 4 is 23.3 Å². The lowest BCUT2D eigenvalue weighted by Crippen LogP contribution is -2.45. The fourth-order valence-corrected chi connectivity index (χ4v) is 2.80. The van der Waals surface area contributed by atoms with E-state index in [0.29, 0.717) is 23.1 Å². The summed E-state index contributed by atoms with van der Waals surface area (Å²) in [6.45, 7) is 3.53. The Morgan fingerprint density at radius 3 is 3.05 bits per heavy atom. The minimum Gasteiger partial charge on any atom is -0.394 e. The van der Waals surface area contributed by atoms with Gasteiger partial charge in [-0.05, 0) is 37.8 Å². The van der Waals surface area contributed by atoms with Crippen LogP contribution in [0.3, 0.4) is 0 Å². The molecule has 1 saturated heterocycles. The zero-order chi connectivity index (χ0) is 15.2. The number of anilines is 1. The maximum absolute atomic E-state index is 12.6. The predicted octanol–water partition coefficient (Wildman–Crippen LogP) is 2.54. The number of rotatable bonds is 5. The number of halogens is 1. The first kappa shape index (κ1) is 16.0. The molecule has 116 valence electrons. The molecule has 0 saturated carbocycles. The van der Waals surface area contributed by atoms with Crippen molar-refractivity contribution in [2.75, 3.05) is 25.0 Å². The van der Waals surface area contributed by atoms with E-state index in [-0.39, 0.29) is 18.6 Å². The van der Waals surface area contributed by atoms with Gasteiger partial charge in [0.25, 0.3) is 5.91 Å². The topological polar surface area (TPSA) is 65.5 Å². The molecule has 0 spiro atoms. The van der Waals surface area contributed by atoms with E-state index in [0.717, 1.165) is 32.2 Å². The van der Waals surface area contributed by atoms with E-state index in [9.17, 15) is 9.90 Å². The van der Waals surface area contributed by atoms with Gasteiger partial charge in [0.2, 0.25) is 0 Å². The van der Waals surface area contributed by atoms with E-state index in [1.807, 2.05) is 0 Å². The van der Waals surface area contributed by atoms with E-state index in [1.54, 1.807) is 17.0 Å². The van der Waals surface area contributed by atoms with Crippen LogP contribution in [0.2, 0.25) is 5.15 Å². The highest BCUT2D eigenvalue weighted by Gasteiger charge is 2.27. The van der Waals surface area contributed by atoms with Gasteiger partial charge in [-0.15, -0.1) is 0 Å². The lowest BCUT2D eigenvalue weighted by Gasteiger charge is -2.34. The van der Waals surface area contributed by atoms with Crippen LogP contribution in [0.1, 0.15) is 43.0 Å². The van der Waals surface area contributed by atoms with Crippen LogP contribution < -0.4 is 5.32 Å². The highest BCUT2D eigenvalue weighted by Crippen LogP contribution is 2.22. The summed E-state index contributed by atoms with van der Waals surface area (Å²) < 4.78 is 0. The second-order valence-electron chi connectivity index (χ2n) is 5.32. The molecular weight excluding hydrogens is 290 g/mol. The summed E-state index contributed by atoms with van der Waals surface area (Å²) >= 11 is 6.01. The van der Waals surface area contributed by atoms with Crippen molar-refractivity contribution in [1.82, 2.24) is 9.88 Å². The molecule has 1 fully saturated rings. The third-order valence-electron chi connectivity index (χ3n) is 3.70. The molecule has 1 aromatic heterocycles. The first-order valence-corrected chi connectivity index (χ1v) is 7.86. The molecule has 6 heteroatoms. The summed E-state index contributed by atoms with van der Waals surface area (Å²) in [5, 5.41) is 12.9. The molecule has 2 rings (SSSR count). The Morgan fingerprint density at radius 2 is 2.33 bits per heavy atom. The third-order valence-corrected chi connectivity index (χ3v) is 3.89. The molecule has 0 aliphatic carbocycles. The molecule has 2 heterocycles. The number of aromatic nitrogens is 1. The Kier molecular flexibility index (Phi) is 5.82. The molecule has 5 nitrogen and oxygen atoms in total. The fourth-order valence-electron chi connectivity index (χ4n) is 2.59. The minimum atomic E-state index is -0.0924. The summed E-state index contributed by atoms with van der Waals surface area (Å²) in [7, 11) is 0.